The molecule has 0 spiro atoms. The van der Waals surface area contributed by atoms with Crippen LogP contribution in [-0.2, 0) is 19.1 Å². The molecule has 1 aliphatic heterocycles. The Morgan fingerprint density at radius 1 is 1.03 bits per heavy atom. The molecule has 0 unspecified atom stereocenters. The van der Waals surface area contributed by atoms with Gasteiger partial charge in [0.2, 0.25) is 5.91 Å². The van der Waals surface area contributed by atoms with Gasteiger partial charge in [0.25, 0.3) is 0 Å². The summed E-state index contributed by atoms with van der Waals surface area (Å²) < 4.78 is 10.9. The third-order valence-electron chi connectivity index (χ3n) is 7.21. The quantitative estimate of drug-likeness (QED) is 0.627. The highest BCUT2D eigenvalue weighted by Gasteiger charge is 2.44. The van der Waals surface area contributed by atoms with Gasteiger partial charge in [-0.25, -0.2) is 9.59 Å². The molecule has 2 aromatic rings. The number of piperidine rings is 1. The van der Waals surface area contributed by atoms with Gasteiger partial charge >= 0.3 is 12.1 Å². The Hall–Kier alpha value is -3.39. The van der Waals surface area contributed by atoms with Gasteiger partial charge in [0, 0.05) is 39.0 Å². The second kappa shape index (κ2) is 10.1. The molecule has 0 bridgehead atoms. The number of alkyl carbamates (subject to hydrolysis) is 1. The highest BCUT2D eigenvalue weighted by atomic mass is 16.5. The van der Waals surface area contributed by atoms with Crippen molar-refractivity contribution in [3.05, 3.63) is 59.7 Å². The summed E-state index contributed by atoms with van der Waals surface area (Å²) in [5, 5.41) is 12.2. The van der Waals surface area contributed by atoms with Gasteiger partial charge in [-0.2, -0.15) is 0 Å². The topological polar surface area (TPSA) is 105 Å². The van der Waals surface area contributed by atoms with Gasteiger partial charge in [0.1, 0.15) is 12.6 Å². The van der Waals surface area contributed by atoms with Crippen molar-refractivity contribution in [2.45, 2.75) is 44.2 Å². The Morgan fingerprint density at radius 2 is 1.57 bits per heavy atom. The van der Waals surface area contributed by atoms with E-state index in [2.05, 4.69) is 29.6 Å². The Balaban J connectivity index is 1.39. The van der Waals surface area contributed by atoms with Crippen LogP contribution in [0.15, 0.2) is 48.5 Å². The van der Waals surface area contributed by atoms with Crippen LogP contribution >= 0.6 is 0 Å². The number of amides is 2. The Kier molecular flexibility index (Phi) is 7.12. The molecule has 1 heterocycles. The maximum Gasteiger partial charge on any atom is 0.407 e. The van der Waals surface area contributed by atoms with Crippen LogP contribution in [0.2, 0.25) is 0 Å². The predicted molar refractivity (Wildman–Crippen MR) is 130 cm³/mol. The molecule has 1 saturated heterocycles. The number of hydrogen-bond acceptors (Lipinski definition) is 5. The molecular formula is C27H32N2O6. The van der Waals surface area contributed by atoms with Crippen LogP contribution in [0.5, 0.6) is 0 Å². The van der Waals surface area contributed by atoms with E-state index in [1.54, 1.807) is 4.90 Å². The minimum atomic E-state index is -1.27. The molecular weight excluding hydrogens is 448 g/mol. The highest BCUT2D eigenvalue weighted by molar-refractivity contribution is 5.87. The number of carbonyl (C=O) groups excluding carboxylic acids is 2. The summed E-state index contributed by atoms with van der Waals surface area (Å²) in [6.07, 6.45) is -0.256. The van der Waals surface area contributed by atoms with Crippen molar-refractivity contribution < 1.29 is 29.0 Å². The molecule has 0 radical (unpaired) electrons. The number of nitrogens with one attached hydrogen (secondary N) is 1. The van der Waals surface area contributed by atoms with Gasteiger partial charge in [-0.3, -0.25) is 4.79 Å². The summed E-state index contributed by atoms with van der Waals surface area (Å²) in [4.78, 5) is 39.2. The summed E-state index contributed by atoms with van der Waals surface area (Å²) >= 11 is 0. The maximum atomic E-state index is 13.2. The number of carboxylic acids is 1. The molecule has 8 nitrogen and oxygen atoms in total. The van der Waals surface area contributed by atoms with E-state index in [-0.39, 0.29) is 50.3 Å². The predicted octanol–water partition coefficient (Wildman–Crippen LogP) is 3.64. The van der Waals surface area contributed by atoms with Crippen molar-refractivity contribution in [1.29, 1.82) is 0 Å². The number of nitrogens with zero attached hydrogens (tertiary/aromatic N) is 1. The Bertz CT molecular complexity index is 1060. The molecule has 2 N–H and O–H groups in total. The third kappa shape index (κ3) is 4.75. The minimum Gasteiger partial charge on any atom is -0.479 e. The van der Waals surface area contributed by atoms with E-state index >= 15 is 0 Å². The van der Waals surface area contributed by atoms with Crippen LogP contribution in [0.1, 0.15) is 43.7 Å². The molecule has 1 fully saturated rings. The van der Waals surface area contributed by atoms with Crippen molar-refractivity contribution in [2.24, 2.45) is 5.92 Å². The van der Waals surface area contributed by atoms with Crippen molar-refractivity contribution >= 4 is 18.0 Å². The number of benzene rings is 2. The summed E-state index contributed by atoms with van der Waals surface area (Å²) in [6.45, 7) is 4.36. The fourth-order valence-electron chi connectivity index (χ4n) is 5.07. The molecule has 2 aromatic carbocycles. The standard InChI is InChI=1S/C27H32N2O6/c1-17(2)23(24(30)29-14-12-27(34-3,13-15-29)25(31)32)28-26(33)35-16-22-20-10-6-4-8-18(20)19-9-5-7-11-21(19)22/h4-11,17,22-23H,12-16H2,1-3H3,(H,28,33)(H,31,32)/t23-/m1/s1. The lowest BCUT2D eigenvalue weighted by molar-refractivity contribution is -0.170. The number of aliphatic carboxylic acids is 1. The van der Waals surface area contributed by atoms with Crippen LogP contribution in [0.3, 0.4) is 0 Å². The van der Waals surface area contributed by atoms with Gasteiger partial charge in [-0.15, -0.1) is 0 Å². The van der Waals surface area contributed by atoms with Gasteiger partial charge < -0.3 is 24.8 Å². The van der Waals surface area contributed by atoms with Crippen LogP contribution in [0.4, 0.5) is 4.79 Å². The van der Waals surface area contributed by atoms with Crippen LogP contribution in [0.25, 0.3) is 11.1 Å². The number of hydrogen-bond donors (Lipinski definition) is 2. The molecule has 186 valence electrons. The SMILES string of the molecule is COC1(C(=O)O)CCN(C(=O)[C@H](NC(=O)OCC2c3ccccc3-c3ccccc32)C(C)C)CC1. The minimum absolute atomic E-state index is 0.0679. The molecule has 2 aliphatic rings. The summed E-state index contributed by atoms with van der Waals surface area (Å²) in [6, 6.07) is 15.4. The number of ether oxygens (including phenoxy) is 2. The molecule has 1 atom stereocenters. The van der Waals surface area contributed by atoms with Gasteiger partial charge in [0.15, 0.2) is 5.60 Å². The van der Waals surface area contributed by atoms with E-state index in [1.807, 2.05) is 38.1 Å². The first-order valence-corrected chi connectivity index (χ1v) is 12.0. The van der Waals surface area contributed by atoms with Gasteiger partial charge in [-0.05, 0) is 28.2 Å². The lowest BCUT2D eigenvalue weighted by atomic mass is 9.90. The lowest BCUT2D eigenvalue weighted by Crippen LogP contribution is -2.57. The largest absolute Gasteiger partial charge is 0.479 e. The van der Waals surface area contributed by atoms with E-state index in [1.165, 1.54) is 7.11 Å². The lowest BCUT2D eigenvalue weighted by Gasteiger charge is -2.39. The zero-order valence-corrected chi connectivity index (χ0v) is 20.3. The van der Waals surface area contributed by atoms with Crippen LogP contribution < -0.4 is 5.32 Å². The Morgan fingerprint density at radius 3 is 2.06 bits per heavy atom. The van der Waals surface area contributed by atoms with E-state index in [0.29, 0.717) is 0 Å². The first-order valence-electron chi connectivity index (χ1n) is 12.0. The third-order valence-corrected chi connectivity index (χ3v) is 7.21. The molecule has 0 aromatic heterocycles. The first-order chi connectivity index (χ1) is 16.8. The average molecular weight is 481 g/mol. The van der Waals surface area contributed by atoms with E-state index in [9.17, 15) is 19.5 Å². The summed E-state index contributed by atoms with van der Waals surface area (Å²) in [5.41, 5.74) is 3.25. The molecule has 2 amide bonds. The summed E-state index contributed by atoms with van der Waals surface area (Å²) in [5.74, 6) is -1.51. The van der Waals surface area contributed by atoms with Crippen molar-refractivity contribution in [3.63, 3.8) is 0 Å². The fourth-order valence-corrected chi connectivity index (χ4v) is 5.07. The van der Waals surface area contributed by atoms with Crippen molar-refractivity contribution in [3.8, 4) is 11.1 Å². The number of carbonyl (C=O) groups is 3. The van der Waals surface area contributed by atoms with Crippen molar-refractivity contribution in [1.82, 2.24) is 10.2 Å². The number of rotatable bonds is 7. The number of methoxy groups -OCH3 is 1. The zero-order chi connectivity index (χ0) is 25.2. The Labute approximate surface area is 205 Å². The summed E-state index contributed by atoms with van der Waals surface area (Å²) in [7, 11) is 1.38. The fraction of sp³-hybridized carbons (Fsp3) is 0.444. The van der Waals surface area contributed by atoms with E-state index < -0.39 is 23.7 Å². The number of carboxylic acid groups (broad SMARTS) is 1. The second-order valence-electron chi connectivity index (χ2n) is 9.52. The smallest absolute Gasteiger partial charge is 0.407 e. The van der Waals surface area contributed by atoms with Crippen LogP contribution in [0, 0.1) is 5.92 Å². The average Bonchev–Trinajstić information content (AvgIpc) is 3.19. The molecule has 0 saturated carbocycles. The number of likely N-dealkylation sites (tertiary alicyclic amines) is 1. The molecule has 1 aliphatic carbocycles. The second-order valence-corrected chi connectivity index (χ2v) is 9.52. The van der Waals surface area contributed by atoms with Crippen molar-refractivity contribution in [2.75, 3.05) is 26.8 Å². The normalized spacial score (nSPS) is 17.4. The van der Waals surface area contributed by atoms with Gasteiger partial charge in [0.05, 0.1) is 0 Å². The molecule has 8 heteroatoms. The number of fused-ring (bicyclic) bond motifs is 3. The zero-order valence-electron chi connectivity index (χ0n) is 20.3. The van der Waals surface area contributed by atoms with E-state index in [0.717, 1.165) is 22.3 Å². The first kappa shape index (κ1) is 24.7. The van der Waals surface area contributed by atoms with Crippen LogP contribution in [-0.4, -0.2) is 66.4 Å². The molecule has 4 rings (SSSR count). The molecule has 35 heavy (non-hydrogen) atoms. The van der Waals surface area contributed by atoms with E-state index in [4.69, 9.17) is 9.47 Å². The monoisotopic (exact) mass is 480 g/mol. The highest BCUT2D eigenvalue weighted by Crippen LogP contribution is 2.44. The maximum absolute atomic E-state index is 13.2. The van der Waals surface area contributed by atoms with Gasteiger partial charge in [-0.1, -0.05) is 62.4 Å².